The summed E-state index contributed by atoms with van der Waals surface area (Å²) < 4.78 is 62.6. The van der Waals surface area contributed by atoms with Crippen LogP contribution in [0.3, 0.4) is 0 Å². The molecule has 3 heterocycles. The molecule has 0 N–H and O–H groups in total. The van der Waals surface area contributed by atoms with Crippen LogP contribution in [0.5, 0.6) is 0 Å². The summed E-state index contributed by atoms with van der Waals surface area (Å²) >= 11 is 0. The second-order valence-electron chi connectivity index (χ2n) is 8.75. The summed E-state index contributed by atoms with van der Waals surface area (Å²) in [7, 11) is 0. The van der Waals surface area contributed by atoms with Gasteiger partial charge in [-0.15, -0.1) is 0 Å². The van der Waals surface area contributed by atoms with Gasteiger partial charge >= 0.3 is 18.2 Å². The minimum absolute atomic E-state index is 0.0502. The van der Waals surface area contributed by atoms with E-state index >= 15 is 0 Å². The number of benzene rings is 1. The van der Waals surface area contributed by atoms with Gasteiger partial charge in [0.1, 0.15) is 5.82 Å². The Morgan fingerprint density at radius 2 is 1.91 bits per heavy atom. The monoisotopic (exact) mass is 458 g/mol. The Morgan fingerprint density at radius 1 is 1.12 bits per heavy atom. The number of halogens is 4. The third kappa shape index (κ3) is 5.16. The summed E-state index contributed by atoms with van der Waals surface area (Å²) in [4.78, 5) is 27.6. The van der Waals surface area contributed by atoms with Crippen molar-refractivity contribution in [3.63, 3.8) is 0 Å². The van der Waals surface area contributed by atoms with Gasteiger partial charge in [-0.25, -0.2) is 9.18 Å². The Kier molecular flexibility index (Phi) is 6.60. The molecule has 176 valence electrons. The minimum Gasteiger partial charge on any atom is -0.465 e. The van der Waals surface area contributed by atoms with Gasteiger partial charge in [-0.05, 0) is 43.2 Å². The second-order valence-corrected chi connectivity index (χ2v) is 8.75. The van der Waals surface area contributed by atoms with Crippen LogP contribution < -0.4 is 0 Å². The number of urea groups is 1. The number of rotatable bonds is 4. The van der Waals surface area contributed by atoms with E-state index < -0.39 is 17.6 Å². The number of hydrogen-bond acceptors (Lipinski definition) is 4. The molecule has 2 amide bonds. The van der Waals surface area contributed by atoms with E-state index in [1.165, 1.54) is 0 Å². The van der Waals surface area contributed by atoms with E-state index in [9.17, 15) is 27.2 Å². The normalized spacial score (nSPS) is 24.8. The van der Waals surface area contributed by atoms with Gasteiger partial charge in [0.25, 0.3) is 0 Å². The minimum atomic E-state index is -4.59. The van der Waals surface area contributed by atoms with Crippen molar-refractivity contribution in [3.05, 3.63) is 35.1 Å². The molecule has 2 atom stereocenters. The number of ether oxygens (including phenoxy) is 2. The van der Waals surface area contributed by atoms with Crippen LogP contribution in [0.2, 0.25) is 0 Å². The van der Waals surface area contributed by atoms with Crippen LogP contribution in [-0.4, -0.2) is 60.7 Å². The number of carbonyl (C=O) groups is 2. The summed E-state index contributed by atoms with van der Waals surface area (Å²) in [6.07, 6.45) is -1.78. The molecule has 0 aromatic heterocycles. The third-order valence-electron chi connectivity index (χ3n) is 6.55. The zero-order valence-corrected chi connectivity index (χ0v) is 17.6. The largest absolute Gasteiger partial charge is 0.465 e. The SMILES string of the molecule is O=C1CCCC(C2CCN(C(=O)N3CC(OCc4ccc(C(F)(F)F)cc4F)C3)C2)CO1. The van der Waals surface area contributed by atoms with Crippen LogP contribution in [0.15, 0.2) is 18.2 Å². The van der Waals surface area contributed by atoms with Gasteiger partial charge in [-0.2, -0.15) is 13.2 Å². The molecule has 4 rings (SSSR count). The summed E-state index contributed by atoms with van der Waals surface area (Å²) in [5.74, 6) is -0.508. The van der Waals surface area contributed by atoms with E-state index in [2.05, 4.69) is 0 Å². The van der Waals surface area contributed by atoms with Gasteiger partial charge < -0.3 is 19.3 Å². The third-order valence-corrected chi connectivity index (χ3v) is 6.55. The molecular formula is C22H26F4N2O4. The van der Waals surface area contributed by atoms with Gasteiger partial charge in [0.2, 0.25) is 0 Å². The molecule has 3 fully saturated rings. The highest BCUT2D eigenvalue weighted by molar-refractivity contribution is 5.75. The van der Waals surface area contributed by atoms with Gasteiger partial charge in [-0.1, -0.05) is 6.07 Å². The summed E-state index contributed by atoms with van der Waals surface area (Å²) in [6.45, 7) is 2.30. The van der Waals surface area contributed by atoms with Crippen LogP contribution in [-0.2, 0) is 27.1 Å². The molecule has 0 radical (unpaired) electrons. The van der Waals surface area contributed by atoms with Crippen molar-refractivity contribution in [1.82, 2.24) is 9.80 Å². The lowest BCUT2D eigenvalue weighted by Crippen LogP contribution is -2.58. The number of nitrogens with zero attached hydrogens (tertiary/aromatic N) is 2. The molecule has 0 aliphatic carbocycles. The number of hydrogen-bond donors (Lipinski definition) is 0. The zero-order valence-electron chi connectivity index (χ0n) is 17.6. The Hall–Kier alpha value is -2.36. The van der Waals surface area contributed by atoms with Crippen molar-refractivity contribution in [2.45, 2.75) is 44.6 Å². The van der Waals surface area contributed by atoms with Crippen molar-refractivity contribution < 1.29 is 36.6 Å². The molecule has 3 saturated heterocycles. The molecule has 10 heteroatoms. The van der Waals surface area contributed by atoms with E-state index in [0.29, 0.717) is 51.2 Å². The zero-order chi connectivity index (χ0) is 22.9. The van der Waals surface area contributed by atoms with Crippen LogP contribution >= 0.6 is 0 Å². The van der Waals surface area contributed by atoms with E-state index in [1.807, 2.05) is 4.90 Å². The predicted octanol–water partition coefficient (Wildman–Crippen LogP) is 3.83. The maximum Gasteiger partial charge on any atom is 0.416 e. The van der Waals surface area contributed by atoms with E-state index in [0.717, 1.165) is 31.4 Å². The molecule has 1 aromatic rings. The summed E-state index contributed by atoms with van der Waals surface area (Å²) in [5, 5.41) is 0. The molecule has 0 bridgehead atoms. The Balaban J connectivity index is 1.20. The predicted molar refractivity (Wildman–Crippen MR) is 105 cm³/mol. The molecule has 32 heavy (non-hydrogen) atoms. The molecule has 1 aromatic carbocycles. The Bertz CT molecular complexity index is 857. The highest BCUT2D eigenvalue weighted by atomic mass is 19.4. The lowest BCUT2D eigenvalue weighted by molar-refractivity contribution is -0.144. The van der Waals surface area contributed by atoms with E-state index in [4.69, 9.17) is 9.47 Å². The fourth-order valence-electron chi connectivity index (χ4n) is 4.53. The first-order valence-electron chi connectivity index (χ1n) is 10.9. The molecule has 3 aliphatic rings. The Morgan fingerprint density at radius 3 is 2.62 bits per heavy atom. The number of alkyl halides is 3. The lowest BCUT2D eigenvalue weighted by Gasteiger charge is -2.41. The van der Waals surface area contributed by atoms with Gasteiger partial charge in [0, 0.05) is 25.1 Å². The standard InChI is InChI=1S/C22H26F4N2O4/c23-19-8-17(22(24,25)26)5-4-16(19)13-31-18-10-28(11-18)21(30)27-7-6-14(9-27)15-2-1-3-20(29)32-12-15/h4-5,8,14-15,18H,1-3,6-7,9-13H2. The lowest BCUT2D eigenvalue weighted by atomic mass is 9.88. The average Bonchev–Trinajstić information content (AvgIpc) is 3.09. The average molecular weight is 458 g/mol. The van der Waals surface area contributed by atoms with Crippen molar-refractivity contribution in [3.8, 4) is 0 Å². The van der Waals surface area contributed by atoms with Crippen molar-refractivity contribution in [1.29, 1.82) is 0 Å². The Labute approximate surface area is 183 Å². The highest BCUT2D eigenvalue weighted by Crippen LogP contribution is 2.32. The number of esters is 1. The first kappa shape index (κ1) is 22.8. The van der Waals surface area contributed by atoms with Crippen LogP contribution in [0, 0.1) is 17.7 Å². The maximum atomic E-state index is 13.9. The van der Waals surface area contributed by atoms with Crippen molar-refractivity contribution in [2.75, 3.05) is 32.8 Å². The van der Waals surface area contributed by atoms with Crippen molar-refractivity contribution >= 4 is 12.0 Å². The smallest absolute Gasteiger partial charge is 0.416 e. The topological polar surface area (TPSA) is 59.1 Å². The molecule has 2 unspecified atom stereocenters. The van der Waals surface area contributed by atoms with E-state index in [-0.39, 0.29) is 36.2 Å². The van der Waals surface area contributed by atoms with Gasteiger partial charge in [-0.3, -0.25) is 4.79 Å². The van der Waals surface area contributed by atoms with Crippen LogP contribution in [0.1, 0.15) is 36.8 Å². The molecule has 3 aliphatic heterocycles. The van der Waals surface area contributed by atoms with Gasteiger partial charge in [0.15, 0.2) is 0 Å². The summed E-state index contributed by atoms with van der Waals surface area (Å²) in [6, 6.07) is 2.30. The maximum absolute atomic E-state index is 13.9. The van der Waals surface area contributed by atoms with Gasteiger partial charge in [0.05, 0.1) is 38.0 Å². The molecular weight excluding hydrogens is 432 g/mol. The second kappa shape index (κ2) is 9.25. The fourth-order valence-corrected chi connectivity index (χ4v) is 4.53. The van der Waals surface area contributed by atoms with Crippen LogP contribution in [0.4, 0.5) is 22.4 Å². The highest BCUT2D eigenvalue weighted by Gasteiger charge is 2.39. The molecule has 6 nitrogen and oxygen atoms in total. The molecule has 0 saturated carbocycles. The number of amides is 2. The van der Waals surface area contributed by atoms with Crippen LogP contribution in [0.25, 0.3) is 0 Å². The van der Waals surface area contributed by atoms with Crippen molar-refractivity contribution in [2.24, 2.45) is 11.8 Å². The number of carbonyl (C=O) groups excluding carboxylic acids is 2. The fraction of sp³-hybridized carbons (Fsp3) is 0.636. The number of likely N-dealkylation sites (tertiary alicyclic amines) is 2. The molecule has 0 spiro atoms. The summed E-state index contributed by atoms with van der Waals surface area (Å²) in [5.41, 5.74) is -0.987. The first-order chi connectivity index (χ1) is 15.2. The first-order valence-corrected chi connectivity index (χ1v) is 10.9. The quantitative estimate of drug-likeness (QED) is 0.508. The number of cyclic esters (lactones) is 1. The van der Waals surface area contributed by atoms with E-state index in [1.54, 1.807) is 4.90 Å².